The number of halogens is 2. The number of likely N-dealkylation sites (tertiary alicyclic amines) is 2. The summed E-state index contributed by atoms with van der Waals surface area (Å²) in [5.41, 5.74) is 0.790. The fourth-order valence-corrected chi connectivity index (χ4v) is 3.85. The van der Waals surface area contributed by atoms with Gasteiger partial charge in [0.2, 0.25) is 0 Å². The van der Waals surface area contributed by atoms with E-state index in [1.165, 1.54) is 44.5 Å². The molecule has 0 spiro atoms. The lowest BCUT2D eigenvalue weighted by Crippen LogP contribution is -2.43. The zero-order chi connectivity index (χ0) is 17.8. The lowest BCUT2D eigenvalue weighted by Gasteiger charge is -2.26. The van der Waals surface area contributed by atoms with Crippen LogP contribution in [0, 0.1) is 11.6 Å². The van der Waals surface area contributed by atoms with E-state index in [4.69, 9.17) is 0 Å². The minimum atomic E-state index is -0.801. The molecule has 0 aromatic heterocycles. The third-order valence-corrected chi connectivity index (χ3v) is 5.41. The number of hydrogen-bond donors (Lipinski definition) is 1. The Balaban J connectivity index is 1.53. The highest BCUT2D eigenvalue weighted by Gasteiger charge is 2.30. The Hall–Kier alpha value is -1.69. The maximum atomic E-state index is 13.4. The second kappa shape index (κ2) is 8.13. The molecular weight excluding hydrogens is 322 g/mol. The standard InChI is InChI=1S/C19H28F2N4/c1-14(15-5-6-17(20)18(21)11-15)12-23-19(22-2)25-10-7-16(13-25)24-8-3-4-9-24/h5-6,11,14,16H,3-4,7-10,12-13H2,1-2H3,(H,22,23). The van der Waals surface area contributed by atoms with E-state index in [1.807, 2.05) is 6.92 Å². The SMILES string of the molecule is CN=C(NCC(C)c1ccc(F)c(F)c1)N1CCC(N2CCCC2)C1. The van der Waals surface area contributed by atoms with Crippen molar-refractivity contribution in [2.24, 2.45) is 4.99 Å². The van der Waals surface area contributed by atoms with E-state index in [0.717, 1.165) is 24.6 Å². The van der Waals surface area contributed by atoms with Crippen molar-refractivity contribution in [3.05, 3.63) is 35.4 Å². The van der Waals surface area contributed by atoms with Crippen LogP contribution in [-0.2, 0) is 0 Å². The number of benzene rings is 1. The van der Waals surface area contributed by atoms with Crippen LogP contribution in [0.1, 0.15) is 37.7 Å². The molecule has 1 aromatic carbocycles. The molecule has 138 valence electrons. The van der Waals surface area contributed by atoms with Crippen molar-refractivity contribution in [2.45, 2.75) is 38.1 Å². The molecule has 25 heavy (non-hydrogen) atoms. The zero-order valence-corrected chi connectivity index (χ0v) is 15.1. The van der Waals surface area contributed by atoms with Gasteiger partial charge in [-0.05, 0) is 56.0 Å². The molecule has 3 rings (SSSR count). The van der Waals surface area contributed by atoms with Crippen molar-refractivity contribution in [1.29, 1.82) is 0 Å². The van der Waals surface area contributed by atoms with Crippen molar-refractivity contribution in [2.75, 3.05) is 39.8 Å². The molecule has 1 N–H and O–H groups in total. The molecule has 2 fully saturated rings. The van der Waals surface area contributed by atoms with Gasteiger partial charge in [-0.15, -0.1) is 0 Å². The van der Waals surface area contributed by atoms with Crippen molar-refractivity contribution >= 4 is 5.96 Å². The van der Waals surface area contributed by atoms with Crippen LogP contribution in [0.3, 0.4) is 0 Å². The maximum Gasteiger partial charge on any atom is 0.193 e. The second-order valence-electron chi connectivity index (χ2n) is 7.13. The highest BCUT2D eigenvalue weighted by atomic mass is 19.2. The van der Waals surface area contributed by atoms with Crippen LogP contribution in [0.25, 0.3) is 0 Å². The molecule has 0 bridgehead atoms. The van der Waals surface area contributed by atoms with Gasteiger partial charge in [-0.25, -0.2) is 8.78 Å². The molecule has 0 radical (unpaired) electrons. The van der Waals surface area contributed by atoms with Gasteiger partial charge < -0.3 is 10.2 Å². The lowest BCUT2D eigenvalue weighted by molar-refractivity contribution is 0.249. The van der Waals surface area contributed by atoms with Crippen LogP contribution in [0.2, 0.25) is 0 Å². The van der Waals surface area contributed by atoms with Crippen LogP contribution in [0.4, 0.5) is 8.78 Å². The van der Waals surface area contributed by atoms with Crippen LogP contribution in [0.15, 0.2) is 23.2 Å². The van der Waals surface area contributed by atoms with E-state index in [1.54, 1.807) is 13.1 Å². The first-order chi connectivity index (χ1) is 12.1. The Morgan fingerprint density at radius 2 is 2.00 bits per heavy atom. The van der Waals surface area contributed by atoms with Crippen molar-refractivity contribution in [3.8, 4) is 0 Å². The molecule has 0 saturated carbocycles. The maximum absolute atomic E-state index is 13.4. The fraction of sp³-hybridized carbons (Fsp3) is 0.632. The van der Waals surface area contributed by atoms with Crippen LogP contribution in [0.5, 0.6) is 0 Å². The first kappa shape index (κ1) is 18.1. The van der Waals surface area contributed by atoms with Gasteiger partial charge in [-0.2, -0.15) is 0 Å². The van der Waals surface area contributed by atoms with Gasteiger partial charge in [-0.3, -0.25) is 9.89 Å². The summed E-state index contributed by atoms with van der Waals surface area (Å²) in [6.07, 6.45) is 3.81. The smallest absolute Gasteiger partial charge is 0.193 e. The van der Waals surface area contributed by atoms with Crippen LogP contribution in [-0.4, -0.2) is 61.6 Å². The zero-order valence-electron chi connectivity index (χ0n) is 15.1. The number of guanidine groups is 1. The molecule has 2 saturated heterocycles. The summed E-state index contributed by atoms with van der Waals surface area (Å²) in [6.45, 7) is 7.11. The Kier molecular flexibility index (Phi) is 5.89. The van der Waals surface area contributed by atoms with Crippen LogP contribution < -0.4 is 5.32 Å². The molecule has 2 aliphatic heterocycles. The first-order valence-corrected chi connectivity index (χ1v) is 9.23. The summed E-state index contributed by atoms with van der Waals surface area (Å²) in [4.78, 5) is 9.31. The molecule has 0 amide bonds. The van der Waals surface area contributed by atoms with E-state index in [9.17, 15) is 8.78 Å². The molecule has 2 unspecified atom stereocenters. The Morgan fingerprint density at radius 3 is 2.68 bits per heavy atom. The third-order valence-electron chi connectivity index (χ3n) is 5.41. The molecule has 1 aromatic rings. The Labute approximate surface area is 148 Å². The minimum Gasteiger partial charge on any atom is -0.356 e. The number of nitrogens with zero attached hydrogens (tertiary/aromatic N) is 3. The lowest BCUT2D eigenvalue weighted by atomic mass is 10.0. The van der Waals surface area contributed by atoms with E-state index in [-0.39, 0.29) is 5.92 Å². The first-order valence-electron chi connectivity index (χ1n) is 9.23. The predicted octanol–water partition coefficient (Wildman–Crippen LogP) is 2.81. The molecule has 4 nitrogen and oxygen atoms in total. The highest BCUT2D eigenvalue weighted by Crippen LogP contribution is 2.21. The summed E-state index contributed by atoms with van der Waals surface area (Å²) < 4.78 is 26.5. The van der Waals surface area contributed by atoms with Crippen molar-refractivity contribution in [3.63, 3.8) is 0 Å². The topological polar surface area (TPSA) is 30.9 Å². The van der Waals surface area contributed by atoms with Crippen LogP contribution >= 0.6 is 0 Å². The summed E-state index contributed by atoms with van der Waals surface area (Å²) in [6, 6.07) is 4.75. The van der Waals surface area contributed by atoms with Gasteiger partial charge >= 0.3 is 0 Å². The quantitative estimate of drug-likeness (QED) is 0.669. The molecule has 6 heteroatoms. The number of aliphatic imine (C=N–C) groups is 1. The van der Waals surface area contributed by atoms with E-state index >= 15 is 0 Å². The summed E-state index contributed by atoms with van der Waals surface area (Å²) >= 11 is 0. The van der Waals surface area contributed by atoms with E-state index in [2.05, 4.69) is 20.1 Å². The van der Waals surface area contributed by atoms with E-state index < -0.39 is 11.6 Å². The predicted molar refractivity (Wildman–Crippen MR) is 96.9 cm³/mol. The summed E-state index contributed by atoms with van der Waals surface area (Å²) in [5.74, 6) is -0.619. The average molecular weight is 350 g/mol. The number of hydrogen-bond acceptors (Lipinski definition) is 2. The van der Waals surface area contributed by atoms with Gasteiger partial charge in [0, 0.05) is 32.7 Å². The normalized spacial score (nSPS) is 23.3. The average Bonchev–Trinajstić information content (AvgIpc) is 3.29. The molecule has 2 atom stereocenters. The number of nitrogens with one attached hydrogen (secondary N) is 1. The minimum absolute atomic E-state index is 0.0730. The van der Waals surface area contributed by atoms with Gasteiger partial charge in [-0.1, -0.05) is 13.0 Å². The summed E-state index contributed by atoms with van der Waals surface area (Å²) in [7, 11) is 1.80. The van der Waals surface area contributed by atoms with Gasteiger partial charge in [0.1, 0.15) is 0 Å². The summed E-state index contributed by atoms with van der Waals surface area (Å²) in [5, 5.41) is 3.40. The Morgan fingerprint density at radius 1 is 1.24 bits per heavy atom. The highest BCUT2D eigenvalue weighted by molar-refractivity contribution is 5.80. The Bertz CT molecular complexity index is 613. The fourth-order valence-electron chi connectivity index (χ4n) is 3.85. The molecular formula is C19H28F2N4. The monoisotopic (exact) mass is 350 g/mol. The third kappa shape index (κ3) is 4.29. The van der Waals surface area contributed by atoms with Crippen molar-refractivity contribution in [1.82, 2.24) is 15.1 Å². The van der Waals surface area contributed by atoms with Gasteiger partial charge in [0.15, 0.2) is 17.6 Å². The largest absolute Gasteiger partial charge is 0.356 e. The van der Waals surface area contributed by atoms with Gasteiger partial charge in [0.25, 0.3) is 0 Å². The van der Waals surface area contributed by atoms with Crippen molar-refractivity contribution < 1.29 is 8.78 Å². The number of rotatable bonds is 4. The molecule has 2 aliphatic rings. The van der Waals surface area contributed by atoms with Gasteiger partial charge in [0.05, 0.1) is 0 Å². The second-order valence-corrected chi connectivity index (χ2v) is 7.13. The van der Waals surface area contributed by atoms with E-state index in [0.29, 0.717) is 12.6 Å². The molecule has 0 aliphatic carbocycles. The molecule has 2 heterocycles.